The molecule has 0 nitrogen and oxygen atoms in total. The summed E-state index contributed by atoms with van der Waals surface area (Å²) in [5, 5.41) is 0. The minimum atomic E-state index is 0.222. The van der Waals surface area contributed by atoms with E-state index >= 15 is 0 Å². The maximum Gasteiger partial charge on any atom is 0.113 e. The Kier molecular flexibility index (Phi) is 4.14. The molecule has 20 heavy (non-hydrogen) atoms. The lowest BCUT2D eigenvalue weighted by atomic mass is 9.60. The fourth-order valence-electron chi connectivity index (χ4n) is 2.05. The van der Waals surface area contributed by atoms with Crippen LogP contribution >= 0.6 is 0 Å². The Morgan fingerprint density at radius 3 is 0.800 bits per heavy atom. The number of hydrogen-bond acceptors (Lipinski definition) is 0. The minimum Gasteiger partial charge on any atom is -0.104 e. The van der Waals surface area contributed by atoms with Gasteiger partial charge in [-0.15, -0.1) is 21.9 Å². The maximum absolute atomic E-state index is 5.97. The Hall–Kier alpha value is -1.04. The first-order valence-electron chi connectivity index (χ1n) is 5.71. The van der Waals surface area contributed by atoms with Crippen molar-refractivity contribution in [3.05, 3.63) is 12.1 Å². The van der Waals surface area contributed by atoms with Crippen LogP contribution in [0.25, 0.3) is 11.1 Å². The molecule has 0 saturated heterocycles. The van der Waals surface area contributed by atoms with Crippen LogP contribution < -0.4 is 43.7 Å². The highest BCUT2D eigenvalue weighted by atomic mass is 14.1. The molecule has 8 heteroatoms. The molecule has 74 valence electrons. The molecular weight excluding hydrogens is 231 g/mol. The SMILES string of the molecule is [B]c1cc([B])c([B])c(-c2c([B])c([B])cc([B])c2[B])c1[B]. The van der Waals surface area contributed by atoms with Gasteiger partial charge in [-0.25, -0.2) is 0 Å². The van der Waals surface area contributed by atoms with Crippen LogP contribution in [0.3, 0.4) is 0 Å². The molecule has 0 fully saturated rings. The molecule has 2 rings (SSSR count). The molecule has 0 aliphatic carbocycles. The van der Waals surface area contributed by atoms with Gasteiger partial charge >= 0.3 is 0 Å². The van der Waals surface area contributed by atoms with Crippen LogP contribution in [0.15, 0.2) is 12.1 Å². The predicted molar refractivity (Wildman–Crippen MR) is 95.0 cm³/mol. The molecule has 2 aromatic carbocycles. The zero-order valence-electron chi connectivity index (χ0n) is 10.8. The normalized spacial score (nSPS) is 10.6. The molecule has 0 N–H and O–H groups in total. The van der Waals surface area contributed by atoms with Gasteiger partial charge in [-0.1, -0.05) is 34.0 Å². The molecule has 16 radical (unpaired) electrons. The largest absolute Gasteiger partial charge is 0.113 e. The molecule has 0 amide bonds. The van der Waals surface area contributed by atoms with E-state index in [9.17, 15) is 0 Å². The van der Waals surface area contributed by atoms with Crippen LogP contribution in [-0.2, 0) is 0 Å². The zero-order chi connectivity index (χ0) is 15.2. The quantitative estimate of drug-likeness (QED) is 0.429. The van der Waals surface area contributed by atoms with Crippen molar-refractivity contribution >= 4 is 106 Å². The summed E-state index contributed by atoms with van der Waals surface area (Å²) in [7, 11) is 47.1. The first kappa shape index (κ1) is 15.4. The van der Waals surface area contributed by atoms with Gasteiger partial charge in [0, 0.05) is 0 Å². The van der Waals surface area contributed by atoms with Crippen LogP contribution in [0.2, 0.25) is 0 Å². The standard InChI is InChI=1S/C12H2B8/c13-3-1-4(14)10(18)7(9(3)17)8-11(19)5(15)2-6(16)12(8)20/h1-2H. The van der Waals surface area contributed by atoms with Crippen molar-refractivity contribution < 1.29 is 0 Å². The third kappa shape index (κ3) is 2.34. The van der Waals surface area contributed by atoms with Crippen molar-refractivity contribution in [2.75, 3.05) is 0 Å². The highest BCUT2D eigenvalue weighted by Crippen LogP contribution is 2.05. The molecule has 0 heterocycles. The zero-order valence-corrected chi connectivity index (χ0v) is 10.8. The van der Waals surface area contributed by atoms with Crippen LogP contribution in [0.4, 0.5) is 0 Å². The number of hydrogen-bond donors (Lipinski definition) is 0. The van der Waals surface area contributed by atoms with Gasteiger partial charge in [-0.05, 0) is 11.1 Å². The van der Waals surface area contributed by atoms with E-state index in [0.717, 1.165) is 0 Å². The van der Waals surface area contributed by atoms with Crippen molar-refractivity contribution in [3.63, 3.8) is 0 Å². The molecule has 0 atom stereocenters. The van der Waals surface area contributed by atoms with Crippen molar-refractivity contribution in [2.24, 2.45) is 0 Å². The second-order valence-corrected chi connectivity index (χ2v) is 4.51. The van der Waals surface area contributed by atoms with E-state index in [4.69, 9.17) is 62.8 Å². The second kappa shape index (κ2) is 5.39. The molecule has 0 aromatic heterocycles. The number of rotatable bonds is 1. The maximum atomic E-state index is 5.97. The number of benzene rings is 2. The average Bonchev–Trinajstić information content (AvgIpc) is 2.38. The molecule has 0 aliphatic rings. The van der Waals surface area contributed by atoms with Gasteiger partial charge in [0.2, 0.25) is 0 Å². The summed E-state index contributed by atoms with van der Waals surface area (Å²) in [6.45, 7) is 0. The Balaban J connectivity index is 2.96. The molecule has 0 saturated carbocycles. The van der Waals surface area contributed by atoms with Crippen molar-refractivity contribution in [1.29, 1.82) is 0 Å². The highest BCUT2D eigenvalue weighted by molar-refractivity contribution is 6.64. The van der Waals surface area contributed by atoms with E-state index in [1.807, 2.05) is 0 Å². The van der Waals surface area contributed by atoms with Gasteiger partial charge in [0.25, 0.3) is 0 Å². The summed E-state index contributed by atoms with van der Waals surface area (Å²) in [4.78, 5) is 0. The molecule has 0 unspecified atom stereocenters. The molecule has 0 spiro atoms. The van der Waals surface area contributed by atoms with Gasteiger partial charge in [0.05, 0.1) is 0 Å². The van der Waals surface area contributed by atoms with Gasteiger partial charge < -0.3 is 0 Å². The Labute approximate surface area is 130 Å². The molecular formula is C12H2B8. The Morgan fingerprint density at radius 1 is 0.400 bits per heavy atom. The van der Waals surface area contributed by atoms with Gasteiger partial charge in [-0.3, -0.25) is 0 Å². The van der Waals surface area contributed by atoms with Crippen LogP contribution in [0.1, 0.15) is 0 Å². The highest BCUT2D eigenvalue weighted by Gasteiger charge is 2.14. The van der Waals surface area contributed by atoms with Crippen LogP contribution in [0, 0.1) is 0 Å². The summed E-state index contributed by atoms with van der Waals surface area (Å²) >= 11 is 0. The van der Waals surface area contributed by atoms with E-state index < -0.39 is 0 Å². The van der Waals surface area contributed by atoms with Crippen molar-refractivity contribution in [1.82, 2.24) is 0 Å². The first-order chi connectivity index (χ1) is 9.25. The topological polar surface area (TPSA) is 0 Å². The average molecular weight is 233 g/mol. The van der Waals surface area contributed by atoms with Crippen molar-refractivity contribution in [3.8, 4) is 11.1 Å². The van der Waals surface area contributed by atoms with E-state index in [-0.39, 0.29) is 43.7 Å². The van der Waals surface area contributed by atoms with E-state index in [2.05, 4.69) is 0 Å². The Bertz CT molecular complexity index is 594. The van der Waals surface area contributed by atoms with Gasteiger partial charge in [0.1, 0.15) is 62.8 Å². The summed E-state index contributed by atoms with van der Waals surface area (Å²) in [5.41, 5.74) is 2.66. The first-order valence-corrected chi connectivity index (χ1v) is 5.71. The summed E-state index contributed by atoms with van der Waals surface area (Å²) in [6, 6.07) is 2.94. The third-order valence-corrected chi connectivity index (χ3v) is 3.19. The summed E-state index contributed by atoms with van der Waals surface area (Å²) < 4.78 is 0. The summed E-state index contributed by atoms with van der Waals surface area (Å²) in [5.74, 6) is 0. The predicted octanol–water partition coefficient (Wildman–Crippen LogP) is -6.30. The lowest BCUT2D eigenvalue weighted by Crippen LogP contribution is -2.48. The fourth-order valence-corrected chi connectivity index (χ4v) is 2.05. The lowest BCUT2D eigenvalue weighted by molar-refractivity contribution is 1.86. The van der Waals surface area contributed by atoms with E-state index in [0.29, 0.717) is 11.1 Å². The van der Waals surface area contributed by atoms with E-state index in [1.165, 1.54) is 12.1 Å². The van der Waals surface area contributed by atoms with Gasteiger partial charge in [-0.2, -0.15) is 0 Å². The fraction of sp³-hybridized carbons (Fsp3) is 0. The van der Waals surface area contributed by atoms with Gasteiger partial charge in [0.15, 0.2) is 0 Å². The van der Waals surface area contributed by atoms with E-state index in [1.54, 1.807) is 0 Å². The van der Waals surface area contributed by atoms with Crippen molar-refractivity contribution in [2.45, 2.75) is 0 Å². The minimum absolute atomic E-state index is 0.222. The van der Waals surface area contributed by atoms with Crippen LogP contribution in [-0.4, -0.2) is 62.8 Å². The third-order valence-electron chi connectivity index (χ3n) is 3.19. The molecule has 2 aromatic rings. The molecule has 0 aliphatic heterocycles. The monoisotopic (exact) mass is 234 g/mol. The Morgan fingerprint density at radius 2 is 0.600 bits per heavy atom. The smallest absolute Gasteiger partial charge is 0.104 e. The molecule has 0 bridgehead atoms. The second-order valence-electron chi connectivity index (χ2n) is 4.51. The summed E-state index contributed by atoms with van der Waals surface area (Å²) in [6.07, 6.45) is 0. The lowest BCUT2D eigenvalue weighted by Gasteiger charge is -2.24. The van der Waals surface area contributed by atoms with Crippen LogP contribution in [0.5, 0.6) is 0 Å².